The first-order chi connectivity index (χ1) is 7.39. The summed E-state index contributed by atoms with van der Waals surface area (Å²) in [5.74, 6) is 0. The molecule has 6 heteroatoms. The highest BCUT2D eigenvalue weighted by atomic mass is 32.2. The van der Waals surface area contributed by atoms with Gasteiger partial charge in [-0.1, -0.05) is 12.1 Å². The second-order valence-electron chi connectivity index (χ2n) is 3.44. The molecular formula is C10H10N2O3S. The van der Waals surface area contributed by atoms with E-state index in [4.69, 9.17) is 16.0 Å². The Morgan fingerprint density at radius 1 is 1.06 bits per heavy atom. The van der Waals surface area contributed by atoms with E-state index < -0.39 is 10.1 Å². The van der Waals surface area contributed by atoms with Crippen LogP contribution in [0.1, 0.15) is 0 Å². The molecule has 5 N–H and O–H groups in total. The van der Waals surface area contributed by atoms with Crippen LogP contribution in [0, 0.1) is 0 Å². The summed E-state index contributed by atoms with van der Waals surface area (Å²) in [7, 11) is -4.36. The predicted molar refractivity (Wildman–Crippen MR) is 62.6 cm³/mol. The van der Waals surface area contributed by atoms with Crippen LogP contribution in [0.4, 0.5) is 11.4 Å². The van der Waals surface area contributed by atoms with Crippen molar-refractivity contribution in [1.82, 2.24) is 0 Å². The third kappa shape index (κ3) is 1.68. The van der Waals surface area contributed by atoms with Crippen LogP contribution in [0.15, 0.2) is 35.2 Å². The van der Waals surface area contributed by atoms with Crippen LogP contribution in [0.3, 0.4) is 0 Å². The smallest absolute Gasteiger partial charge is 0.297 e. The Bertz CT molecular complexity index is 660. The SMILES string of the molecule is Nc1ccc2ccc(N)c(S(=O)(=O)O)c2c1. The zero-order chi connectivity index (χ0) is 11.9. The Labute approximate surface area is 92.4 Å². The number of nitrogens with two attached hydrogens (primary N) is 2. The topological polar surface area (TPSA) is 106 Å². The summed E-state index contributed by atoms with van der Waals surface area (Å²) in [5.41, 5.74) is 11.5. The van der Waals surface area contributed by atoms with Gasteiger partial charge < -0.3 is 11.5 Å². The molecule has 2 rings (SSSR count). The van der Waals surface area contributed by atoms with E-state index in [1.165, 1.54) is 12.1 Å². The van der Waals surface area contributed by atoms with Gasteiger partial charge in [-0.25, -0.2) is 0 Å². The lowest BCUT2D eigenvalue weighted by atomic mass is 10.1. The summed E-state index contributed by atoms with van der Waals surface area (Å²) in [6.45, 7) is 0. The van der Waals surface area contributed by atoms with E-state index >= 15 is 0 Å². The highest BCUT2D eigenvalue weighted by Gasteiger charge is 2.17. The van der Waals surface area contributed by atoms with Crippen molar-refractivity contribution in [1.29, 1.82) is 0 Å². The molecule has 0 saturated carbocycles. The molecule has 0 unspecified atom stereocenters. The average molecular weight is 238 g/mol. The lowest BCUT2D eigenvalue weighted by Gasteiger charge is -2.07. The Kier molecular flexibility index (Phi) is 2.25. The lowest BCUT2D eigenvalue weighted by molar-refractivity contribution is 0.484. The summed E-state index contributed by atoms with van der Waals surface area (Å²) < 4.78 is 31.5. The number of anilines is 2. The van der Waals surface area contributed by atoms with Gasteiger partial charge in [-0.2, -0.15) is 8.42 Å². The lowest BCUT2D eigenvalue weighted by Crippen LogP contribution is -2.04. The van der Waals surface area contributed by atoms with Gasteiger partial charge in [0, 0.05) is 11.1 Å². The highest BCUT2D eigenvalue weighted by molar-refractivity contribution is 7.86. The Morgan fingerprint density at radius 3 is 2.31 bits per heavy atom. The summed E-state index contributed by atoms with van der Waals surface area (Å²) in [4.78, 5) is -0.294. The van der Waals surface area contributed by atoms with E-state index in [-0.39, 0.29) is 10.6 Å². The van der Waals surface area contributed by atoms with Crippen LogP contribution in [-0.4, -0.2) is 13.0 Å². The van der Waals surface area contributed by atoms with Crippen molar-refractivity contribution in [3.05, 3.63) is 30.3 Å². The summed E-state index contributed by atoms with van der Waals surface area (Å²) >= 11 is 0. The molecule has 0 bridgehead atoms. The molecule has 0 radical (unpaired) electrons. The normalized spacial score (nSPS) is 11.8. The zero-order valence-corrected chi connectivity index (χ0v) is 9.03. The molecule has 0 atom stereocenters. The van der Waals surface area contributed by atoms with Gasteiger partial charge >= 0.3 is 0 Å². The predicted octanol–water partition coefficient (Wildman–Crippen LogP) is 1.25. The van der Waals surface area contributed by atoms with Crippen molar-refractivity contribution in [3.8, 4) is 0 Å². The number of hydrogen-bond acceptors (Lipinski definition) is 4. The van der Waals surface area contributed by atoms with Gasteiger partial charge in [0.05, 0.1) is 5.69 Å². The van der Waals surface area contributed by atoms with Crippen molar-refractivity contribution >= 4 is 32.3 Å². The maximum absolute atomic E-state index is 11.2. The number of rotatable bonds is 1. The van der Waals surface area contributed by atoms with Gasteiger partial charge in [0.25, 0.3) is 10.1 Å². The minimum atomic E-state index is -4.36. The van der Waals surface area contributed by atoms with Gasteiger partial charge in [-0.15, -0.1) is 0 Å². The van der Waals surface area contributed by atoms with Gasteiger partial charge in [-0.3, -0.25) is 4.55 Å². The number of fused-ring (bicyclic) bond motifs is 1. The van der Waals surface area contributed by atoms with Crippen molar-refractivity contribution in [2.45, 2.75) is 4.90 Å². The standard InChI is InChI=1S/C10H10N2O3S/c11-7-3-1-6-2-4-9(12)10(8(6)5-7)16(13,14)15/h1-5H,11-12H2,(H,13,14,15). The van der Waals surface area contributed by atoms with Crippen LogP contribution in [-0.2, 0) is 10.1 Å². The van der Waals surface area contributed by atoms with Crippen LogP contribution >= 0.6 is 0 Å². The molecule has 84 valence electrons. The quantitative estimate of drug-likeness (QED) is 0.512. The van der Waals surface area contributed by atoms with E-state index in [9.17, 15) is 8.42 Å². The number of hydrogen-bond donors (Lipinski definition) is 3. The molecule has 2 aromatic carbocycles. The second-order valence-corrected chi connectivity index (χ2v) is 4.80. The molecular weight excluding hydrogens is 228 g/mol. The Hall–Kier alpha value is -1.79. The number of nitrogen functional groups attached to an aromatic ring is 2. The van der Waals surface area contributed by atoms with Gasteiger partial charge in [0.2, 0.25) is 0 Å². The first kappa shape index (κ1) is 10.7. The molecule has 0 spiro atoms. The average Bonchev–Trinajstić information content (AvgIpc) is 2.14. The molecule has 0 saturated heterocycles. The zero-order valence-electron chi connectivity index (χ0n) is 8.21. The van der Waals surface area contributed by atoms with E-state index in [0.29, 0.717) is 16.5 Å². The van der Waals surface area contributed by atoms with Gasteiger partial charge in [0.15, 0.2) is 0 Å². The van der Waals surface area contributed by atoms with Gasteiger partial charge in [-0.05, 0) is 23.6 Å². The summed E-state index contributed by atoms with van der Waals surface area (Å²) in [5, 5.41) is 0.971. The first-order valence-corrected chi connectivity index (χ1v) is 5.89. The maximum Gasteiger partial charge on any atom is 0.297 e. The van der Waals surface area contributed by atoms with Crippen LogP contribution < -0.4 is 11.5 Å². The maximum atomic E-state index is 11.2. The Balaban J connectivity index is 3.00. The van der Waals surface area contributed by atoms with E-state index in [0.717, 1.165) is 0 Å². The monoisotopic (exact) mass is 238 g/mol. The molecule has 0 aliphatic carbocycles. The first-order valence-electron chi connectivity index (χ1n) is 4.45. The molecule has 0 amide bonds. The molecule has 16 heavy (non-hydrogen) atoms. The fourth-order valence-corrected chi connectivity index (χ4v) is 2.44. The van der Waals surface area contributed by atoms with Crippen molar-refractivity contribution in [2.24, 2.45) is 0 Å². The van der Waals surface area contributed by atoms with Gasteiger partial charge in [0.1, 0.15) is 4.90 Å². The van der Waals surface area contributed by atoms with Crippen molar-refractivity contribution in [2.75, 3.05) is 11.5 Å². The second kappa shape index (κ2) is 3.36. The molecule has 2 aromatic rings. The minimum absolute atomic E-state index is 0.000556. The number of benzene rings is 2. The molecule has 0 heterocycles. The van der Waals surface area contributed by atoms with E-state index in [1.807, 2.05) is 0 Å². The molecule has 0 fully saturated rings. The Morgan fingerprint density at radius 2 is 1.69 bits per heavy atom. The molecule has 0 aliphatic rings. The van der Waals surface area contributed by atoms with Crippen LogP contribution in [0.5, 0.6) is 0 Å². The molecule has 0 aliphatic heterocycles. The molecule has 0 aromatic heterocycles. The van der Waals surface area contributed by atoms with Crippen LogP contribution in [0.25, 0.3) is 10.8 Å². The van der Waals surface area contributed by atoms with E-state index in [2.05, 4.69) is 0 Å². The van der Waals surface area contributed by atoms with E-state index in [1.54, 1.807) is 18.2 Å². The molecule has 5 nitrogen and oxygen atoms in total. The summed E-state index contributed by atoms with van der Waals surface area (Å²) in [6.07, 6.45) is 0. The van der Waals surface area contributed by atoms with Crippen LogP contribution in [0.2, 0.25) is 0 Å². The van der Waals surface area contributed by atoms with Crippen molar-refractivity contribution < 1.29 is 13.0 Å². The fourth-order valence-electron chi connectivity index (χ4n) is 1.61. The fraction of sp³-hybridized carbons (Fsp3) is 0. The third-order valence-corrected chi connectivity index (χ3v) is 3.26. The summed E-state index contributed by atoms with van der Waals surface area (Å²) in [6, 6.07) is 7.88. The highest BCUT2D eigenvalue weighted by Crippen LogP contribution is 2.29. The van der Waals surface area contributed by atoms with Crippen molar-refractivity contribution in [3.63, 3.8) is 0 Å². The third-order valence-electron chi connectivity index (χ3n) is 2.28. The largest absolute Gasteiger partial charge is 0.399 e. The minimum Gasteiger partial charge on any atom is -0.399 e.